The van der Waals surface area contributed by atoms with Crippen LogP contribution in [0.15, 0.2) is 30.3 Å². The Hall–Kier alpha value is -1.55. The summed E-state index contributed by atoms with van der Waals surface area (Å²) in [4.78, 5) is 11.8. The van der Waals surface area contributed by atoms with E-state index in [4.69, 9.17) is 15.2 Å². The second-order valence-corrected chi connectivity index (χ2v) is 5.40. The van der Waals surface area contributed by atoms with E-state index >= 15 is 0 Å². The first-order valence-electron chi connectivity index (χ1n) is 7.67. The predicted octanol–water partition coefficient (Wildman–Crippen LogP) is 3.15. The minimum Gasteiger partial charge on any atom is -0.487 e. The molecule has 0 aliphatic heterocycles. The number of para-hydroxylation sites is 1. The molecule has 0 saturated carbocycles. The van der Waals surface area contributed by atoms with Gasteiger partial charge < -0.3 is 15.2 Å². The van der Waals surface area contributed by atoms with Crippen LogP contribution in [0.5, 0.6) is 5.75 Å². The molecule has 0 spiro atoms. The zero-order valence-corrected chi connectivity index (χ0v) is 13.4. The first-order chi connectivity index (χ1) is 9.99. The summed E-state index contributed by atoms with van der Waals surface area (Å²) in [6.07, 6.45) is 1.34. The van der Waals surface area contributed by atoms with Crippen molar-refractivity contribution in [3.63, 3.8) is 0 Å². The maximum absolute atomic E-state index is 11.8. The molecule has 0 saturated heterocycles. The molecule has 0 heterocycles. The Balaban J connectivity index is 2.81. The summed E-state index contributed by atoms with van der Waals surface area (Å²) in [5.74, 6) is 0.652. The average molecular weight is 293 g/mol. The number of ether oxygens (including phenoxy) is 2. The van der Waals surface area contributed by atoms with Gasteiger partial charge in [0.15, 0.2) is 0 Å². The summed E-state index contributed by atoms with van der Waals surface area (Å²) in [5.41, 5.74) is 5.60. The summed E-state index contributed by atoms with van der Waals surface area (Å²) in [6.45, 7) is 7.76. The topological polar surface area (TPSA) is 61.5 Å². The molecule has 1 aromatic rings. The molecular weight excluding hydrogens is 266 g/mol. The van der Waals surface area contributed by atoms with E-state index in [9.17, 15) is 4.79 Å². The van der Waals surface area contributed by atoms with Crippen LogP contribution < -0.4 is 10.5 Å². The quantitative estimate of drug-likeness (QED) is 0.748. The molecule has 4 nitrogen and oxygen atoms in total. The van der Waals surface area contributed by atoms with E-state index in [2.05, 4.69) is 13.8 Å². The van der Waals surface area contributed by atoms with Crippen molar-refractivity contribution in [2.24, 2.45) is 11.7 Å². The van der Waals surface area contributed by atoms with Crippen molar-refractivity contribution in [3.05, 3.63) is 30.3 Å². The minimum absolute atomic E-state index is 0.222. The Morgan fingerprint density at radius 1 is 1.14 bits per heavy atom. The van der Waals surface area contributed by atoms with Crippen LogP contribution in [0.25, 0.3) is 0 Å². The molecule has 3 atom stereocenters. The number of carbonyl (C=O) groups is 1. The highest BCUT2D eigenvalue weighted by molar-refractivity contribution is 5.75. The van der Waals surface area contributed by atoms with Gasteiger partial charge in [-0.25, -0.2) is 0 Å². The SMILES string of the molecule is CCC(CC)[C@@H](OC(=O)[C@H](C)N)[C@H](C)Oc1ccccc1. The summed E-state index contributed by atoms with van der Waals surface area (Å²) in [7, 11) is 0. The van der Waals surface area contributed by atoms with Crippen molar-refractivity contribution in [1.29, 1.82) is 0 Å². The van der Waals surface area contributed by atoms with Gasteiger partial charge in [0.05, 0.1) is 0 Å². The summed E-state index contributed by atoms with van der Waals surface area (Å²) in [5, 5.41) is 0. The average Bonchev–Trinajstić information content (AvgIpc) is 2.48. The summed E-state index contributed by atoms with van der Waals surface area (Å²) >= 11 is 0. The molecule has 0 bridgehead atoms. The molecule has 0 aliphatic carbocycles. The monoisotopic (exact) mass is 293 g/mol. The zero-order valence-electron chi connectivity index (χ0n) is 13.4. The van der Waals surface area contributed by atoms with Crippen LogP contribution in [0, 0.1) is 5.92 Å². The van der Waals surface area contributed by atoms with Gasteiger partial charge >= 0.3 is 5.97 Å². The molecular formula is C17H27NO3. The van der Waals surface area contributed by atoms with Crippen LogP contribution in [0.4, 0.5) is 0 Å². The van der Waals surface area contributed by atoms with Crippen molar-refractivity contribution in [2.75, 3.05) is 0 Å². The van der Waals surface area contributed by atoms with Gasteiger partial charge in [0.1, 0.15) is 24.0 Å². The highest BCUT2D eigenvalue weighted by atomic mass is 16.6. The first-order valence-corrected chi connectivity index (χ1v) is 7.67. The normalized spacial score (nSPS) is 15.3. The van der Waals surface area contributed by atoms with Crippen LogP contribution >= 0.6 is 0 Å². The highest BCUT2D eigenvalue weighted by Gasteiger charge is 2.30. The lowest BCUT2D eigenvalue weighted by Crippen LogP contribution is -2.42. The van der Waals surface area contributed by atoms with Crippen molar-refractivity contribution < 1.29 is 14.3 Å². The molecule has 0 aliphatic rings. The number of carbonyl (C=O) groups excluding carboxylic acids is 1. The molecule has 0 radical (unpaired) electrons. The molecule has 0 aromatic heterocycles. The van der Waals surface area contributed by atoms with Gasteiger partial charge in [0.25, 0.3) is 0 Å². The van der Waals surface area contributed by atoms with Crippen LogP contribution in [0.3, 0.4) is 0 Å². The van der Waals surface area contributed by atoms with Crippen molar-refractivity contribution in [3.8, 4) is 5.75 Å². The van der Waals surface area contributed by atoms with E-state index in [1.807, 2.05) is 37.3 Å². The largest absolute Gasteiger partial charge is 0.487 e. The predicted molar refractivity (Wildman–Crippen MR) is 84.1 cm³/mol. The number of esters is 1. The van der Waals surface area contributed by atoms with Gasteiger partial charge in [0, 0.05) is 0 Å². The van der Waals surface area contributed by atoms with Crippen LogP contribution in [0.1, 0.15) is 40.5 Å². The second kappa shape index (κ2) is 8.67. The van der Waals surface area contributed by atoms with Crippen molar-refractivity contribution in [2.45, 2.75) is 58.8 Å². The van der Waals surface area contributed by atoms with Gasteiger partial charge in [-0.05, 0) is 44.7 Å². The summed E-state index contributed by atoms with van der Waals surface area (Å²) < 4.78 is 11.5. The molecule has 1 rings (SSSR count). The Morgan fingerprint density at radius 2 is 1.71 bits per heavy atom. The minimum atomic E-state index is -0.620. The fourth-order valence-corrected chi connectivity index (χ4v) is 2.35. The van der Waals surface area contributed by atoms with Crippen molar-refractivity contribution in [1.82, 2.24) is 0 Å². The third-order valence-corrected chi connectivity index (χ3v) is 3.67. The lowest BCUT2D eigenvalue weighted by molar-refractivity contribution is -0.159. The highest BCUT2D eigenvalue weighted by Crippen LogP contribution is 2.23. The van der Waals surface area contributed by atoms with E-state index in [1.54, 1.807) is 6.92 Å². The Bertz CT molecular complexity index is 415. The van der Waals surface area contributed by atoms with Crippen molar-refractivity contribution >= 4 is 5.97 Å². The van der Waals surface area contributed by atoms with E-state index in [0.29, 0.717) is 0 Å². The van der Waals surface area contributed by atoms with Gasteiger partial charge in [-0.3, -0.25) is 4.79 Å². The maximum atomic E-state index is 11.8. The number of hydrogen-bond acceptors (Lipinski definition) is 4. The smallest absolute Gasteiger partial charge is 0.323 e. The van der Waals surface area contributed by atoms with Crippen LogP contribution in [-0.4, -0.2) is 24.2 Å². The number of benzene rings is 1. The Morgan fingerprint density at radius 3 is 2.19 bits per heavy atom. The first kappa shape index (κ1) is 17.5. The Kier molecular flexibility index (Phi) is 7.23. The van der Waals surface area contributed by atoms with Crippen LogP contribution in [0.2, 0.25) is 0 Å². The van der Waals surface area contributed by atoms with E-state index < -0.39 is 6.04 Å². The summed E-state index contributed by atoms with van der Waals surface area (Å²) in [6, 6.07) is 8.95. The van der Waals surface area contributed by atoms with Gasteiger partial charge in [-0.1, -0.05) is 32.0 Å². The lowest BCUT2D eigenvalue weighted by atomic mass is 9.93. The molecule has 4 heteroatoms. The third-order valence-electron chi connectivity index (χ3n) is 3.67. The molecule has 21 heavy (non-hydrogen) atoms. The standard InChI is InChI=1S/C17H27NO3/c1-5-14(6-2)16(21-17(19)12(3)18)13(4)20-15-10-8-7-9-11-15/h7-14,16H,5-6,18H2,1-4H3/t12-,13-,16-/m0/s1. The third kappa shape index (κ3) is 5.38. The number of hydrogen-bond donors (Lipinski definition) is 1. The number of nitrogens with two attached hydrogens (primary N) is 1. The van der Waals surface area contributed by atoms with Gasteiger partial charge in [-0.15, -0.1) is 0 Å². The molecule has 1 aromatic carbocycles. The molecule has 118 valence electrons. The fourth-order valence-electron chi connectivity index (χ4n) is 2.35. The van der Waals surface area contributed by atoms with E-state index in [-0.39, 0.29) is 24.1 Å². The molecule has 0 amide bonds. The molecule has 2 N–H and O–H groups in total. The van der Waals surface area contributed by atoms with Gasteiger partial charge in [0.2, 0.25) is 0 Å². The maximum Gasteiger partial charge on any atom is 0.323 e. The van der Waals surface area contributed by atoms with Crippen LogP contribution in [-0.2, 0) is 9.53 Å². The van der Waals surface area contributed by atoms with E-state index in [0.717, 1.165) is 18.6 Å². The molecule has 0 unspecified atom stereocenters. The molecule has 0 fully saturated rings. The zero-order chi connectivity index (χ0) is 15.8. The van der Waals surface area contributed by atoms with Gasteiger partial charge in [-0.2, -0.15) is 0 Å². The second-order valence-electron chi connectivity index (χ2n) is 5.40. The number of rotatable bonds is 8. The van der Waals surface area contributed by atoms with E-state index in [1.165, 1.54) is 0 Å². The lowest BCUT2D eigenvalue weighted by Gasteiger charge is -2.31. The fraction of sp³-hybridized carbons (Fsp3) is 0.588. The Labute approximate surface area is 127 Å².